The van der Waals surface area contributed by atoms with Crippen molar-refractivity contribution < 1.29 is 19.2 Å². The SMILES string of the molecule is CN(C)C/C=C/C(=O)Nc1ccc(C(=O)N[C@H]2CCC[C@@H](Nc3ncc(Cl)c(-c4c[nH]c5ccccc45)n3)C2)nc1.Nc1ccc(C(=O)N[C@H]2CCC[C@@H](Nc3ncc(Cl)c(-c4c[nH]c5ccccc45)n3)C2)nc1.O=C(Cl)/C=C/CBr. The molecule has 2 aliphatic rings. The van der Waals surface area contributed by atoms with Gasteiger partial charge in [0.25, 0.3) is 11.8 Å². The number of halogens is 4. The number of anilines is 4. The molecule has 0 saturated heterocycles. The molecule has 6 aromatic heterocycles. The van der Waals surface area contributed by atoms with Gasteiger partial charge in [-0.1, -0.05) is 87.7 Å². The van der Waals surface area contributed by atoms with Crippen LogP contribution in [-0.2, 0) is 9.59 Å². The first-order chi connectivity index (χ1) is 39.2. The van der Waals surface area contributed by atoms with Crippen LogP contribution in [0.15, 0.2) is 134 Å². The molecule has 2 aliphatic carbocycles. The molecule has 2 aromatic carbocycles. The standard InChI is InChI=1S/C30H33ClN8O2.C24H24ClN7O.C4H4BrClO/c1-39(2)14-6-11-27(40)35-21-12-13-26(32-16-21)29(41)36-19-7-5-8-20(15-19)37-30-34-18-24(31)28(38-30)23-17-33-25-10-4-3-9-22(23)25;25-19-13-29-24(32-22(19)18-12-28-20-7-2-1-6-17(18)20)31-16-5-3-4-15(10-16)30-23(33)21-9-8-14(26)11-27-21;5-3-1-2-4(6)7/h3-4,6,9-13,16-20,33H,5,7-8,14-15H2,1-2H3,(H,35,40)(H,36,41)(H,34,37,38);1-2,6-9,11-13,15-16,28H,3-5,10,26H2,(H,30,33)(H,29,31,32);1-2H,3H2/b11-6+;;2-1+/t19-,20+;15-,16+;/m00./s1. The van der Waals surface area contributed by atoms with E-state index in [1.54, 1.807) is 48.8 Å². The van der Waals surface area contributed by atoms with Gasteiger partial charge in [-0.25, -0.2) is 29.9 Å². The number of aromatic nitrogens is 8. The number of para-hydroxylation sites is 2. The van der Waals surface area contributed by atoms with E-state index in [4.69, 9.17) is 50.5 Å². The highest BCUT2D eigenvalue weighted by Gasteiger charge is 2.27. The highest BCUT2D eigenvalue weighted by Crippen LogP contribution is 2.35. The number of hydrogen-bond donors (Lipinski definition) is 8. The first-order valence-corrected chi connectivity index (χ1v) is 28.5. The largest absolute Gasteiger partial charge is 0.397 e. The Labute approximate surface area is 491 Å². The van der Waals surface area contributed by atoms with Crippen LogP contribution in [0.25, 0.3) is 44.3 Å². The van der Waals surface area contributed by atoms with Gasteiger partial charge in [0.15, 0.2) is 0 Å². The minimum Gasteiger partial charge on any atom is -0.397 e. The van der Waals surface area contributed by atoms with Crippen molar-refractivity contribution in [2.75, 3.05) is 47.7 Å². The minimum absolute atomic E-state index is 0.0165. The Balaban J connectivity index is 0.000000193. The van der Waals surface area contributed by atoms with Crippen molar-refractivity contribution >= 4 is 119 Å². The lowest BCUT2D eigenvalue weighted by atomic mass is 9.91. The average molecular weight is 1220 g/mol. The van der Waals surface area contributed by atoms with Crippen LogP contribution >= 0.6 is 50.7 Å². The zero-order valence-electron chi connectivity index (χ0n) is 44.4. The number of fused-ring (bicyclic) bond motifs is 2. The van der Waals surface area contributed by atoms with Crippen LogP contribution in [0.5, 0.6) is 0 Å². The van der Waals surface area contributed by atoms with Crippen LogP contribution < -0.4 is 32.3 Å². The summed E-state index contributed by atoms with van der Waals surface area (Å²) < 4.78 is 0. The number of nitrogen functional groups attached to an aromatic ring is 1. The molecule has 0 aliphatic heterocycles. The maximum absolute atomic E-state index is 12.9. The predicted molar refractivity (Wildman–Crippen MR) is 326 cm³/mol. The molecule has 3 amide bonds. The topological polar surface area (TPSA) is 267 Å². The zero-order chi connectivity index (χ0) is 57.3. The number of likely N-dealkylation sites (N-methyl/N-ethyl adjacent to an activating group) is 1. The number of allylic oxidation sites excluding steroid dienone is 2. The fourth-order valence-corrected chi connectivity index (χ4v) is 10.1. The number of benzene rings is 2. The van der Waals surface area contributed by atoms with Crippen molar-refractivity contribution in [3.63, 3.8) is 0 Å². The number of nitrogens with two attached hydrogens (primary N) is 1. The first-order valence-electron chi connectivity index (χ1n) is 26.2. The molecule has 19 nitrogen and oxygen atoms in total. The van der Waals surface area contributed by atoms with Crippen LogP contribution in [0.3, 0.4) is 0 Å². The molecular formula is C58H61BrCl3N15O4. The van der Waals surface area contributed by atoms with E-state index in [1.807, 2.05) is 79.9 Å². The molecule has 0 bridgehead atoms. The highest BCUT2D eigenvalue weighted by molar-refractivity contribution is 9.09. The third kappa shape index (κ3) is 17.1. The lowest BCUT2D eigenvalue weighted by molar-refractivity contribution is -0.112. The number of aromatic amines is 2. The van der Waals surface area contributed by atoms with Gasteiger partial charge < -0.3 is 47.2 Å². The second-order valence-corrected chi connectivity index (χ2v) is 21.4. The Morgan fingerprint density at radius 3 is 1.62 bits per heavy atom. The number of alkyl halides is 1. The fraction of sp³-hybridized carbons (Fsp3) is 0.276. The van der Waals surface area contributed by atoms with E-state index in [1.165, 1.54) is 24.5 Å². The third-order valence-corrected chi connectivity index (χ3v) is 14.3. The monoisotopic (exact) mass is 1220 g/mol. The first kappa shape index (κ1) is 59.4. The number of nitrogens with zero attached hydrogens (tertiary/aromatic N) is 7. The van der Waals surface area contributed by atoms with Gasteiger partial charge in [0, 0.05) is 87.4 Å². The summed E-state index contributed by atoms with van der Waals surface area (Å²) in [5, 5.41) is 19.1. The average Bonchev–Trinajstić information content (AvgIpc) is 4.35. The van der Waals surface area contributed by atoms with E-state index in [9.17, 15) is 19.2 Å². The van der Waals surface area contributed by atoms with E-state index in [2.05, 4.69) is 72.4 Å². The summed E-state index contributed by atoms with van der Waals surface area (Å²) in [5.74, 6) is 0.345. The number of amides is 3. The van der Waals surface area contributed by atoms with Gasteiger partial charge in [0.1, 0.15) is 11.4 Å². The molecule has 420 valence electrons. The number of pyridine rings is 2. The van der Waals surface area contributed by atoms with E-state index < -0.39 is 5.24 Å². The minimum atomic E-state index is -0.431. The molecule has 2 fully saturated rings. The quantitative estimate of drug-likeness (QED) is 0.0254. The van der Waals surface area contributed by atoms with Crippen molar-refractivity contribution in [3.05, 3.63) is 156 Å². The van der Waals surface area contributed by atoms with Crippen molar-refractivity contribution in [2.45, 2.75) is 75.5 Å². The highest BCUT2D eigenvalue weighted by atomic mass is 79.9. The Morgan fingerprint density at radius 2 is 1.16 bits per heavy atom. The molecule has 9 N–H and O–H groups in total. The summed E-state index contributed by atoms with van der Waals surface area (Å²) in [5.41, 5.74) is 12.6. The van der Waals surface area contributed by atoms with Gasteiger partial charge in [-0.05, 0) is 120 Å². The van der Waals surface area contributed by atoms with Gasteiger partial charge in [-0.15, -0.1) is 0 Å². The summed E-state index contributed by atoms with van der Waals surface area (Å²) in [4.78, 5) is 82.4. The van der Waals surface area contributed by atoms with Gasteiger partial charge in [0.05, 0.1) is 57.6 Å². The van der Waals surface area contributed by atoms with Crippen LogP contribution in [0.4, 0.5) is 23.3 Å². The summed E-state index contributed by atoms with van der Waals surface area (Å²) in [6.07, 6.45) is 23.4. The van der Waals surface area contributed by atoms with Crippen molar-refractivity contribution in [3.8, 4) is 22.5 Å². The Hall–Kier alpha value is -7.75. The third-order valence-electron chi connectivity index (χ3n) is 13.2. The van der Waals surface area contributed by atoms with E-state index in [0.29, 0.717) is 68.0 Å². The molecule has 6 heterocycles. The molecule has 81 heavy (non-hydrogen) atoms. The predicted octanol–water partition coefficient (Wildman–Crippen LogP) is 11.0. The van der Waals surface area contributed by atoms with Gasteiger partial charge in [-0.2, -0.15) is 0 Å². The summed E-state index contributed by atoms with van der Waals surface area (Å²) in [7, 11) is 3.85. The van der Waals surface area contributed by atoms with Gasteiger partial charge in [-0.3, -0.25) is 19.2 Å². The molecule has 4 atom stereocenters. The van der Waals surface area contributed by atoms with Crippen LogP contribution in [0.1, 0.15) is 72.3 Å². The second kappa shape index (κ2) is 29.1. The summed E-state index contributed by atoms with van der Waals surface area (Å²) in [6, 6.07) is 22.9. The van der Waals surface area contributed by atoms with Crippen LogP contribution in [0.2, 0.25) is 10.0 Å². The van der Waals surface area contributed by atoms with Crippen LogP contribution in [-0.4, -0.2) is 118 Å². The van der Waals surface area contributed by atoms with Crippen molar-refractivity contribution in [1.29, 1.82) is 0 Å². The molecule has 0 spiro atoms. The molecular weight excluding hydrogens is 1160 g/mol. The lowest BCUT2D eigenvalue weighted by Gasteiger charge is -2.30. The molecule has 8 aromatic rings. The Bertz CT molecular complexity index is 3500. The van der Waals surface area contributed by atoms with Gasteiger partial charge in [0.2, 0.25) is 23.0 Å². The van der Waals surface area contributed by atoms with E-state index in [0.717, 1.165) is 84.3 Å². The van der Waals surface area contributed by atoms with Crippen molar-refractivity contribution in [2.24, 2.45) is 0 Å². The van der Waals surface area contributed by atoms with E-state index in [-0.39, 0.29) is 41.9 Å². The number of rotatable bonds is 16. The molecule has 23 heteroatoms. The Kier molecular flexibility index (Phi) is 21.3. The number of carbonyl (C=O) groups excluding carboxylic acids is 4. The molecule has 0 radical (unpaired) electrons. The maximum Gasteiger partial charge on any atom is 0.270 e. The molecule has 10 rings (SSSR count). The smallest absolute Gasteiger partial charge is 0.270 e. The molecule has 0 unspecified atom stereocenters. The number of hydrogen-bond acceptors (Lipinski definition) is 14. The molecule has 2 saturated carbocycles. The second-order valence-electron chi connectivity index (χ2n) is 19.6. The maximum atomic E-state index is 12.9. The number of carbonyl (C=O) groups is 4. The lowest BCUT2D eigenvalue weighted by Crippen LogP contribution is -2.42. The zero-order valence-corrected chi connectivity index (χ0v) is 48.3. The normalized spacial score (nSPS) is 17.0. The van der Waals surface area contributed by atoms with Crippen molar-refractivity contribution in [1.82, 2.24) is 55.4 Å². The Morgan fingerprint density at radius 1 is 0.654 bits per heavy atom. The fourth-order valence-electron chi connectivity index (χ4n) is 9.41. The summed E-state index contributed by atoms with van der Waals surface area (Å²) >= 11 is 20.9. The number of H-pyrrole nitrogens is 2. The van der Waals surface area contributed by atoms with Gasteiger partial charge >= 0.3 is 0 Å². The van der Waals surface area contributed by atoms with Crippen LogP contribution in [0, 0.1) is 0 Å². The summed E-state index contributed by atoms with van der Waals surface area (Å²) in [6.45, 7) is 0.668. The number of nitrogens with one attached hydrogen (secondary N) is 7. The van der Waals surface area contributed by atoms with E-state index >= 15 is 0 Å².